The predicted molar refractivity (Wildman–Crippen MR) is 91.8 cm³/mol. The van der Waals surface area contributed by atoms with E-state index in [4.69, 9.17) is 9.47 Å². The fourth-order valence-electron chi connectivity index (χ4n) is 1.86. The van der Waals surface area contributed by atoms with E-state index in [1.807, 2.05) is 25.1 Å². The number of rotatable bonds is 7. The highest BCUT2D eigenvalue weighted by Crippen LogP contribution is 2.27. The standard InChI is InChI=1S/C17H29N3O2/c1-7-22-16-10-14(8-9-15(16)21-6)11-19-17(18-5)20-13(4)12(2)3/h8-10,12-13H,7,11H2,1-6H3,(H2,18,19,20). The van der Waals surface area contributed by atoms with Gasteiger partial charge in [0.05, 0.1) is 13.7 Å². The van der Waals surface area contributed by atoms with Crippen molar-refractivity contribution in [3.05, 3.63) is 23.8 Å². The maximum absolute atomic E-state index is 5.60. The number of hydrogen-bond donors (Lipinski definition) is 2. The second-order valence-electron chi connectivity index (χ2n) is 5.52. The van der Waals surface area contributed by atoms with Crippen LogP contribution in [0, 0.1) is 5.92 Å². The van der Waals surface area contributed by atoms with Crippen LogP contribution in [0.4, 0.5) is 0 Å². The molecule has 1 unspecified atom stereocenters. The van der Waals surface area contributed by atoms with E-state index in [1.54, 1.807) is 14.2 Å². The molecule has 124 valence electrons. The van der Waals surface area contributed by atoms with Gasteiger partial charge in [-0.25, -0.2) is 0 Å². The van der Waals surface area contributed by atoms with Crippen molar-refractivity contribution in [1.82, 2.24) is 10.6 Å². The van der Waals surface area contributed by atoms with Crippen molar-refractivity contribution in [1.29, 1.82) is 0 Å². The van der Waals surface area contributed by atoms with Gasteiger partial charge in [0.15, 0.2) is 17.5 Å². The van der Waals surface area contributed by atoms with Gasteiger partial charge in [-0.2, -0.15) is 0 Å². The highest BCUT2D eigenvalue weighted by Gasteiger charge is 2.09. The Hall–Kier alpha value is -1.91. The Balaban J connectivity index is 2.68. The molecule has 0 radical (unpaired) electrons. The molecule has 0 saturated heterocycles. The van der Waals surface area contributed by atoms with E-state index in [0.717, 1.165) is 23.0 Å². The molecule has 1 rings (SSSR count). The lowest BCUT2D eigenvalue weighted by molar-refractivity contribution is 0.310. The van der Waals surface area contributed by atoms with Crippen molar-refractivity contribution in [3.63, 3.8) is 0 Å². The van der Waals surface area contributed by atoms with Crippen LogP contribution in [0.25, 0.3) is 0 Å². The Kier molecular flexibility index (Phi) is 7.57. The normalized spacial score (nSPS) is 13.0. The third-order valence-corrected chi connectivity index (χ3v) is 3.58. The minimum Gasteiger partial charge on any atom is -0.493 e. The summed E-state index contributed by atoms with van der Waals surface area (Å²) >= 11 is 0. The van der Waals surface area contributed by atoms with Crippen LogP contribution in [-0.2, 0) is 6.54 Å². The molecule has 0 aromatic heterocycles. The van der Waals surface area contributed by atoms with Crippen LogP contribution in [0.2, 0.25) is 0 Å². The van der Waals surface area contributed by atoms with Crippen LogP contribution in [-0.4, -0.2) is 32.8 Å². The van der Waals surface area contributed by atoms with E-state index >= 15 is 0 Å². The molecule has 1 aromatic rings. The van der Waals surface area contributed by atoms with Crippen LogP contribution in [0.1, 0.15) is 33.3 Å². The molecule has 0 spiro atoms. The van der Waals surface area contributed by atoms with Crippen molar-refractivity contribution >= 4 is 5.96 Å². The minimum absolute atomic E-state index is 0.362. The smallest absolute Gasteiger partial charge is 0.191 e. The largest absolute Gasteiger partial charge is 0.493 e. The molecule has 2 N–H and O–H groups in total. The van der Waals surface area contributed by atoms with Crippen molar-refractivity contribution in [3.8, 4) is 11.5 Å². The molecule has 22 heavy (non-hydrogen) atoms. The van der Waals surface area contributed by atoms with Crippen LogP contribution < -0.4 is 20.1 Å². The zero-order chi connectivity index (χ0) is 16.5. The van der Waals surface area contributed by atoms with Crippen LogP contribution >= 0.6 is 0 Å². The van der Waals surface area contributed by atoms with Gasteiger partial charge in [0, 0.05) is 19.6 Å². The van der Waals surface area contributed by atoms with Gasteiger partial charge in [-0.1, -0.05) is 19.9 Å². The Morgan fingerprint density at radius 1 is 1.23 bits per heavy atom. The first-order chi connectivity index (χ1) is 10.5. The van der Waals surface area contributed by atoms with E-state index < -0.39 is 0 Å². The van der Waals surface area contributed by atoms with Crippen molar-refractivity contribution < 1.29 is 9.47 Å². The summed E-state index contributed by atoms with van der Waals surface area (Å²) in [5.74, 6) is 2.86. The summed E-state index contributed by atoms with van der Waals surface area (Å²) in [5, 5.41) is 6.70. The molecular formula is C17H29N3O2. The van der Waals surface area contributed by atoms with Crippen LogP contribution in [0.3, 0.4) is 0 Å². The molecule has 1 aromatic carbocycles. The predicted octanol–water partition coefficient (Wildman–Crippen LogP) is 2.80. The molecule has 0 bridgehead atoms. The Bertz CT molecular complexity index is 487. The van der Waals surface area contributed by atoms with Gasteiger partial charge in [-0.15, -0.1) is 0 Å². The van der Waals surface area contributed by atoms with Gasteiger partial charge in [0.2, 0.25) is 0 Å². The third-order valence-electron chi connectivity index (χ3n) is 3.58. The summed E-state index contributed by atoms with van der Waals surface area (Å²) < 4.78 is 10.9. The number of methoxy groups -OCH3 is 1. The molecule has 5 heteroatoms. The van der Waals surface area contributed by atoms with Crippen molar-refractivity contribution in [2.24, 2.45) is 10.9 Å². The van der Waals surface area contributed by atoms with Crippen LogP contribution in [0.5, 0.6) is 11.5 Å². The maximum atomic E-state index is 5.60. The Labute approximate surface area is 134 Å². The molecule has 0 aliphatic carbocycles. The minimum atomic E-state index is 0.362. The first-order valence-corrected chi connectivity index (χ1v) is 7.78. The second-order valence-corrected chi connectivity index (χ2v) is 5.52. The molecule has 0 aliphatic rings. The quantitative estimate of drug-likeness (QED) is 0.601. The number of aliphatic imine (C=N–C) groups is 1. The second kappa shape index (κ2) is 9.18. The van der Waals surface area contributed by atoms with E-state index in [-0.39, 0.29) is 0 Å². The fourth-order valence-corrected chi connectivity index (χ4v) is 1.86. The summed E-state index contributed by atoms with van der Waals surface area (Å²) in [4.78, 5) is 4.26. The summed E-state index contributed by atoms with van der Waals surface area (Å²) in [5.41, 5.74) is 1.12. The average molecular weight is 307 g/mol. The van der Waals surface area contributed by atoms with Gasteiger partial charge in [0.1, 0.15) is 0 Å². The van der Waals surface area contributed by atoms with Gasteiger partial charge in [-0.05, 0) is 37.5 Å². The Morgan fingerprint density at radius 3 is 2.50 bits per heavy atom. The summed E-state index contributed by atoms with van der Waals surface area (Å²) in [6.07, 6.45) is 0. The van der Waals surface area contributed by atoms with E-state index in [0.29, 0.717) is 25.1 Å². The Morgan fingerprint density at radius 2 is 1.95 bits per heavy atom. The zero-order valence-electron chi connectivity index (χ0n) is 14.6. The number of ether oxygens (including phenoxy) is 2. The van der Waals surface area contributed by atoms with Crippen molar-refractivity contribution in [2.75, 3.05) is 20.8 Å². The molecule has 0 saturated carbocycles. The monoisotopic (exact) mass is 307 g/mol. The van der Waals surface area contributed by atoms with Gasteiger partial charge in [-0.3, -0.25) is 4.99 Å². The number of guanidine groups is 1. The molecule has 0 amide bonds. The number of nitrogens with zero attached hydrogens (tertiary/aromatic N) is 1. The van der Waals surface area contributed by atoms with Gasteiger partial charge in [0.25, 0.3) is 0 Å². The lowest BCUT2D eigenvalue weighted by Crippen LogP contribution is -2.43. The molecular weight excluding hydrogens is 278 g/mol. The van der Waals surface area contributed by atoms with E-state index in [9.17, 15) is 0 Å². The van der Waals surface area contributed by atoms with Gasteiger partial charge < -0.3 is 20.1 Å². The molecule has 1 atom stereocenters. The molecule has 5 nitrogen and oxygen atoms in total. The lowest BCUT2D eigenvalue weighted by Gasteiger charge is -2.21. The summed E-state index contributed by atoms with van der Waals surface area (Å²) in [6, 6.07) is 6.30. The fraction of sp³-hybridized carbons (Fsp3) is 0.588. The molecule has 0 fully saturated rings. The number of nitrogens with one attached hydrogen (secondary N) is 2. The highest BCUT2D eigenvalue weighted by atomic mass is 16.5. The van der Waals surface area contributed by atoms with Gasteiger partial charge >= 0.3 is 0 Å². The molecule has 0 aliphatic heterocycles. The SMILES string of the molecule is CCOc1cc(CNC(=NC)NC(C)C(C)C)ccc1OC. The maximum Gasteiger partial charge on any atom is 0.191 e. The first kappa shape index (κ1) is 18.1. The first-order valence-electron chi connectivity index (χ1n) is 7.78. The lowest BCUT2D eigenvalue weighted by atomic mass is 10.1. The van der Waals surface area contributed by atoms with Crippen molar-refractivity contribution in [2.45, 2.75) is 40.3 Å². The number of hydrogen-bond acceptors (Lipinski definition) is 3. The topological polar surface area (TPSA) is 54.9 Å². The summed E-state index contributed by atoms with van der Waals surface area (Å²) in [7, 11) is 3.43. The summed E-state index contributed by atoms with van der Waals surface area (Å²) in [6.45, 7) is 9.77. The molecule has 0 heterocycles. The average Bonchev–Trinajstić information content (AvgIpc) is 2.51. The van der Waals surface area contributed by atoms with E-state index in [2.05, 4.69) is 36.4 Å². The van der Waals surface area contributed by atoms with E-state index in [1.165, 1.54) is 0 Å². The zero-order valence-corrected chi connectivity index (χ0v) is 14.6. The highest BCUT2D eigenvalue weighted by molar-refractivity contribution is 5.79. The third kappa shape index (κ3) is 5.47. The van der Waals surface area contributed by atoms with Crippen LogP contribution in [0.15, 0.2) is 23.2 Å². The number of benzene rings is 1.